The van der Waals surface area contributed by atoms with Crippen LogP contribution in [0.3, 0.4) is 0 Å². The van der Waals surface area contributed by atoms with Crippen LogP contribution < -0.4 is 15.4 Å². The first-order valence-corrected chi connectivity index (χ1v) is 9.39. The summed E-state index contributed by atoms with van der Waals surface area (Å²) in [4.78, 5) is 12.9. The molecule has 7 heteroatoms. The summed E-state index contributed by atoms with van der Waals surface area (Å²) in [5, 5.41) is 11.1. The van der Waals surface area contributed by atoms with E-state index in [0.29, 0.717) is 12.5 Å². The van der Waals surface area contributed by atoms with E-state index >= 15 is 0 Å². The smallest absolute Gasteiger partial charge is 0.228 e. The quantitative estimate of drug-likeness (QED) is 0.823. The summed E-state index contributed by atoms with van der Waals surface area (Å²) >= 11 is 0. The molecule has 2 atom stereocenters. The van der Waals surface area contributed by atoms with E-state index in [9.17, 15) is 4.79 Å². The number of ether oxygens (including phenoxy) is 1. The Morgan fingerprint density at radius 2 is 2.15 bits per heavy atom. The van der Waals surface area contributed by atoms with E-state index in [0.717, 1.165) is 49.5 Å². The van der Waals surface area contributed by atoms with Crippen molar-refractivity contribution in [3.05, 3.63) is 42.2 Å². The van der Waals surface area contributed by atoms with Crippen molar-refractivity contribution in [3.63, 3.8) is 0 Å². The molecule has 1 aliphatic heterocycles. The molecular formula is C20H27ClN4O2. The topological polar surface area (TPSA) is 68.2 Å². The standard InChI is InChI=1S/C20H26N4O2.ClH/c1-26-18-7-5-17(6-8-18)24-11-9-16(23-24)13-22-19(25)20-10-3-2-4-15(20)12-21-14-20;/h5-9,11,15,21H,2-4,10,12-14H2,1H3,(H,22,25);1H/t15-,20+;/m0./s1. The van der Waals surface area contributed by atoms with Gasteiger partial charge in [-0.15, -0.1) is 12.4 Å². The average molecular weight is 391 g/mol. The first kappa shape index (κ1) is 19.7. The average Bonchev–Trinajstić information content (AvgIpc) is 3.34. The van der Waals surface area contributed by atoms with Gasteiger partial charge in [-0.2, -0.15) is 5.10 Å². The predicted molar refractivity (Wildman–Crippen MR) is 106 cm³/mol. The molecule has 1 aromatic heterocycles. The zero-order valence-corrected chi connectivity index (χ0v) is 16.4. The van der Waals surface area contributed by atoms with Crippen LogP contribution in [0.2, 0.25) is 0 Å². The second-order valence-electron chi connectivity index (χ2n) is 7.36. The van der Waals surface area contributed by atoms with Gasteiger partial charge in [0.25, 0.3) is 0 Å². The fourth-order valence-corrected chi connectivity index (χ4v) is 4.37. The fourth-order valence-electron chi connectivity index (χ4n) is 4.37. The van der Waals surface area contributed by atoms with Crippen molar-refractivity contribution >= 4 is 18.3 Å². The molecule has 2 aliphatic rings. The van der Waals surface area contributed by atoms with E-state index in [1.54, 1.807) is 7.11 Å². The Hall–Kier alpha value is -2.05. The van der Waals surface area contributed by atoms with Gasteiger partial charge in [0.05, 0.1) is 30.5 Å². The zero-order valence-electron chi connectivity index (χ0n) is 15.6. The molecule has 27 heavy (non-hydrogen) atoms. The lowest BCUT2D eigenvalue weighted by molar-refractivity contribution is -0.134. The number of carbonyl (C=O) groups is 1. The number of nitrogens with zero attached hydrogens (tertiary/aromatic N) is 2. The maximum Gasteiger partial charge on any atom is 0.228 e. The van der Waals surface area contributed by atoms with Crippen molar-refractivity contribution in [1.82, 2.24) is 20.4 Å². The van der Waals surface area contributed by atoms with Gasteiger partial charge < -0.3 is 15.4 Å². The van der Waals surface area contributed by atoms with Gasteiger partial charge in [-0.1, -0.05) is 12.8 Å². The van der Waals surface area contributed by atoms with Crippen LogP contribution in [0.5, 0.6) is 5.75 Å². The van der Waals surface area contributed by atoms with Crippen LogP contribution in [0.15, 0.2) is 36.5 Å². The van der Waals surface area contributed by atoms with Crippen LogP contribution in [-0.4, -0.2) is 35.9 Å². The van der Waals surface area contributed by atoms with E-state index in [1.165, 1.54) is 6.42 Å². The summed E-state index contributed by atoms with van der Waals surface area (Å²) in [7, 11) is 1.65. The number of hydrogen-bond donors (Lipinski definition) is 2. The van der Waals surface area contributed by atoms with Gasteiger partial charge in [0.2, 0.25) is 5.91 Å². The van der Waals surface area contributed by atoms with Crippen molar-refractivity contribution in [3.8, 4) is 11.4 Å². The molecule has 1 amide bonds. The lowest BCUT2D eigenvalue weighted by Gasteiger charge is -2.37. The van der Waals surface area contributed by atoms with Crippen molar-refractivity contribution in [2.45, 2.75) is 32.2 Å². The SMILES string of the molecule is COc1ccc(-n2ccc(CNC(=O)[C@@]34CCCC[C@H]3CNC4)n2)cc1.Cl. The maximum atomic E-state index is 12.9. The molecule has 6 nitrogen and oxygen atoms in total. The van der Waals surface area contributed by atoms with E-state index in [2.05, 4.69) is 15.7 Å². The molecule has 0 unspecified atom stereocenters. The van der Waals surface area contributed by atoms with E-state index in [4.69, 9.17) is 4.74 Å². The number of nitrogens with one attached hydrogen (secondary N) is 2. The van der Waals surface area contributed by atoms with Crippen LogP contribution >= 0.6 is 12.4 Å². The highest BCUT2D eigenvalue weighted by atomic mass is 35.5. The Labute approximate surface area is 166 Å². The van der Waals surface area contributed by atoms with E-state index < -0.39 is 0 Å². The van der Waals surface area contributed by atoms with Crippen molar-refractivity contribution in [2.75, 3.05) is 20.2 Å². The third-order valence-corrected chi connectivity index (χ3v) is 5.90. The molecule has 146 valence electrons. The molecule has 0 bridgehead atoms. The Morgan fingerprint density at radius 1 is 1.33 bits per heavy atom. The minimum atomic E-state index is -0.212. The number of methoxy groups -OCH3 is 1. The lowest BCUT2D eigenvalue weighted by Crippen LogP contribution is -2.47. The molecule has 2 N–H and O–H groups in total. The number of halogens is 1. The molecule has 2 fully saturated rings. The molecule has 1 saturated heterocycles. The molecule has 1 saturated carbocycles. The van der Waals surface area contributed by atoms with Crippen LogP contribution in [0, 0.1) is 11.3 Å². The Balaban J connectivity index is 0.00000210. The third kappa shape index (κ3) is 3.82. The van der Waals surface area contributed by atoms with Gasteiger partial charge in [0.1, 0.15) is 5.75 Å². The number of carbonyl (C=O) groups excluding carboxylic acids is 1. The zero-order chi connectivity index (χ0) is 18.0. The largest absolute Gasteiger partial charge is 0.497 e. The first-order chi connectivity index (χ1) is 12.7. The third-order valence-electron chi connectivity index (χ3n) is 5.90. The van der Waals surface area contributed by atoms with Crippen LogP contribution in [-0.2, 0) is 11.3 Å². The van der Waals surface area contributed by atoms with Gasteiger partial charge in [0.15, 0.2) is 0 Å². The fraction of sp³-hybridized carbons (Fsp3) is 0.500. The Bertz CT molecular complexity index is 777. The number of benzene rings is 1. The van der Waals surface area contributed by atoms with E-state index in [-0.39, 0.29) is 23.7 Å². The van der Waals surface area contributed by atoms with Gasteiger partial charge in [-0.3, -0.25) is 4.79 Å². The highest BCUT2D eigenvalue weighted by Crippen LogP contribution is 2.43. The summed E-state index contributed by atoms with van der Waals surface area (Å²) in [6.45, 7) is 2.25. The number of hydrogen-bond acceptors (Lipinski definition) is 4. The highest BCUT2D eigenvalue weighted by molar-refractivity contribution is 5.85. The second kappa shape index (κ2) is 8.31. The Kier molecular flexibility index (Phi) is 6.07. The second-order valence-corrected chi connectivity index (χ2v) is 7.36. The summed E-state index contributed by atoms with van der Waals surface area (Å²) in [5.41, 5.74) is 1.62. The number of amides is 1. The molecule has 1 aliphatic carbocycles. The lowest BCUT2D eigenvalue weighted by atomic mass is 9.67. The van der Waals surface area contributed by atoms with Gasteiger partial charge in [-0.05, 0) is 55.6 Å². The molecule has 2 heterocycles. The molecule has 0 spiro atoms. The minimum Gasteiger partial charge on any atom is -0.497 e. The normalized spacial score (nSPS) is 24.0. The highest BCUT2D eigenvalue weighted by Gasteiger charge is 2.49. The van der Waals surface area contributed by atoms with Gasteiger partial charge in [-0.25, -0.2) is 4.68 Å². The Morgan fingerprint density at radius 3 is 2.93 bits per heavy atom. The van der Waals surface area contributed by atoms with Crippen molar-refractivity contribution in [1.29, 1.82) is 0 Å². The minimum absolute atomic E-state index is 0. The molecule has 4 rings (SSSR count). The molecule has 1 aromatic carbocycles. The number of fused-ring (bicyclic) bond motifs is 1. The van der Waals surface area contributed by atoms with Crippen LogP contribution in [0.4, 0.5) is 0 Å². The van der Waals surface area contributed by atoms with Gasteiger partial charge in [0, 0.05) is 12.7 Å². The van der Waals surface area contributed by atoms with Crippen LogP contribution in [0.25, 0.3) is 5.69 Å². The van der Waals surface area contributed by atoms with Crippen molar-refractivity contribution < 1.29 is 9.53 Å². The molecule has 0 radical (unpaired) electrons. The molecular weight excluding hydrogens is 364 g/mol. The number of rotatable bonds is 5. The summed E-state index contributed by atoms with van der Waals surface area (Å²) in [5.74, 6) is 1.49. The molecule has 2 aromatic rings. The van der Waals surface area contributed by atoms with Crippen LogP contribution in [0.1, 0.15) is 31.4 Å². The predicted octanol–water partition coefficient (Wildman–Crippen LogP) is 2.70. The van der Waals surface area contributed by atoms with E-state index in [1.807, 2.05) is 41.2 Å². The van der Waals surface area contributed by atoms with Gasteiger partial charge >= 0.3 is 0 Å². The summed E-state index contributed by atoms with van der Waals surface area (Å²) in [6.07, 6.45) is 6.47. The van der Waals surface area contributed by atoms with Crippen molar-refractivity contribution in [2.24, 2.45) is 11.3 Å². The summed E-state index contributed by atoms with van der Waals surface area (Å²) < 4.78 is 7.00. The maximum absolute atomic E-state index is 12.9. The monoisotopic (exact) mass is 390 g/mol. The number of aromatic nitrogens is 2. The summed E-state index contributed by atoms with van der Waals surface area (Å²) in [6, 6.07) is 9.70. The first-order valence-electron chi connectivity index (χ1n) is 9.39.